The van der Waals surface area contributed by atoms with E-state index in [1.165, 1.54) is 295 Å². The minimum Gasteiger partial charge on any atom is -0.462 e. The molecule has 0 aromatic rings. The molecule has 0 spiro atoms. The number of carbonyl (C=O) groups is 3. The van der Waals surface area contributed by atoms with Crippen LogP contribution in [0.2, 0.25) is 0 Å². The normalized spacial score (nSPS) is 12.1. The molecule has 0 aliphatic carbocycles. The van der Waals surface area contributed by atoms with Crippen molar-refractivity contribution in [2.24, 2.45) is 0 Å². The molecule has 0 saturated carbocycles. The zero-order valence-corrected chi connectivity index (χ0v) is 54.4. The minimum atomic E-state index is -0.774. The number of hydrogen-bond acceptors (Lipinski definition) is 6. The van der Waals surface area contributed by atoms with Crippen LogP contribution in [-0.2, 0) is 28.6 Å². The molecule has 0 aromatic carbocycles. The quantitative estimate of drug-likeness (QED) is 0.0261. The lowest BCUT2D eigenvalue weighted by atomic mass is 10.0. The Kier molecular flexibility index (Phi) is 67.6. The van der Waals surface area contributed by atoms with Crippen LogP contribution in [0, 0.1) is 0 Å². The second-order valence-electron chi connectivity index (χ2n) is 24.9. The third kappa shape index (κ3) is 66.7. The highest BCUT2D eigenvalue weighted by atomic mass is 16.6. The average molecular weight is 1130 g/mol. The average Bonchev–Trinajstić information content (AvgIpc) is 3.46. The maximum atomic E-state index is 13.0. The smallest absolute Gasteiger partial charge is 0.306 e. The molecular formula is C74H140O6. The van der Waals surface area contributed by atoms with Gasteiger partial charge in [0.2, 0.25) is 0 Å². The van der Waals surface area contributed by atoms with E-state index in [0.29, 0.717) is 19.3 Å². The highest BCUT2D eigenvalue weighted by molar-refractivity contribution is 5.71. The minimum absolute atomic E-state index is 0.0691. The molecule has 0 amide bonds. The van der Waals surface area contributed by atoms with Gasteiger partial charge in [-0.25, -0.2) is 0 Å². The molecule has 0 saturated heterocycles. The lowest BCUT2D eigenvalue weighted by Gasteiger charge is -2.18. The number of rotatable bonds is 68. The standard InChI is InChI=1S/C74H140O6/c1-4-7-10-13-16-19-22-25-28-31-33-35-37-39-41-43-46-49-52-55-58-61-64-67-73(76)79-70-71(69-78-72(75)66-63-60-57-54-51-48-45-30-27-24-21-18-15-12-9-6-3)80-74(77)68-65-62-59-56-53-50-47-44-42-40-38-36-34-32-29-26-23-20-17-14-11-8-5-2/h21,24,30,45,71H,4-20,22-23,25-29,31-44,46-70H2,1-3H3/b24-21-,45-30-. The van der Waals surface area contributed by atoms with Crippen molar-refractivity contribution in [3.8, 4) is 0 Å². The van der Waals surface area contributed by atoms with Crippen molar-refractivity contribution >= 4 is 17.9 Å². The lowest BCUT2D eigenvalue weighted by molar-refractivity contribution is -0.167. The molecule has 0 fully saturated rings. The first-order chi connectivity index (χ1) is 39.5. The third-order valence-electron chi connectivity index (χ3n) is 16.7. The monoisotopic (exact) mass is 1130 g/mol. The summed E-state index contributed by atoms with van der Waals surface area (Å²) >= 11 is 0. The Bertz CT molecular complexity index is 1290. The van der Waals surface area contributed by atoms with E-state index in [9.17, 15) is 14.4 Å². The first kappa shape index (κ1) is 77.9. The summed E-state index contributed by atoms with van der Waals surface area (Å²) in [6.07, 6.45) is 85.0. The van der Waals surface area contributed by atoms with Crippen molar-refractivity contribution in [2.75, 3.05) is 13.2 Å². The molecule has 0 aliphatic rings. The van der Waals surface area contributed by atoms with E-state index in [0.717, 1.165) is 77.0 Å². The maximum absolute atomic E-state index is 13.0. The van der Waals surface area contributed by atoms with Gasteiger partial charge in [-0.3, -0.25) is 14.4 Å². The van der Waals surface area contributed by atoms with E-state index in [1.807, 2.05) is 0 Å². The Hall–Kier alpha value is -2.11. The van der Waals surface area contributed by atoms with Gasteiger partial charge in [-0.2, -0.15) is 0 Å². The second-order valence-corrected chi connectivity index (χ2v) is 24.9. The Morgan fingerprint density at radius 3 is 0.700 bits per heavy atom. The third-order valence-corrected chi connectivity index (χ3v) is 16.7. The number of unbranched alkanes of at least 4 members (excludes halogenated alkanes) is 53. The van der Waals surface area contributed by atoms with Crippen LogP contribution in [-0.4, -0.2) is 37.2 Å². The van der Waals surface area contributed by atoms with E-state index >= 15 is 0 Å². The summed E-state index contributed by atoms with van der Waals surface area (Å²) < 4.78 is 17.0. The Morgan fingerprint density at radius 2 is 0.450 bits per heavy atom. The van der Waals surface area contributed by atoms with Gasteiger partial charge in [-0.05, 0) is 51.4 Å². The molecular weight excluding hydrogens is 985 g/mol. The summed E-state index contributed by atoms with van der Waals surface area (Å²) in [6, 6.07) is 0. The van der Waals surface area contributed by atoms with Crippen molar-refractivity contribution in [3.05, 3.63) is 24.3 Å². The van der Waals surface area contributed by atoms with Gasteiger partial charge in [0.05, 0.1) is 0 Å². The van der Waals surface area contributed by atoms with Crippen molar-refractivity contribution < 1.29 is 28.6 Å². The summed E-state index contributed by atoms with van der Waals surface area (Å²) in [5.41, 5.74) is 0. The van der Waals surface area contributed by atoms with Gasteiger partial charge in [0.15, 0.2) is 6.10 Å². The number of allylic oxidation sites excluding steroid dienone is 4. The summed E-state index contributed by atoms with van der Waals surface area (Å²) in [5.74, 6) is -0.848. The Labute approximate surface area is 500 Å². The van der Waals surface area contributed by atoms with Gasteiger partial charge < -0.3 is 14.2 Å². The summed E-state index contributed by atoms with van der Waals surface area (Å²) in [4.78, 5) is 38.5. The number of esters is 3. The van der Waals surface area contributed by atoms with Crippen LogP contribution < -0.4 is 0 Å². The molecule has 0 aliphatic heterocycles. The Morgan fingerprint density at radius 1 is 0.250 bits per heavy atom. The highest BCUT2D eigenvalue weighted by Crippen LogP contribution is 2.19. The predicted molar refractivity (Wildman–Crippen MR) is 349 cm³/mol. The van der Waals surface area contributed by atoms with Crippen LogP contribution in [0.25, 0.3) is 0 Å². The molecule has 0 bridgehead atoms. The zero-order chi connectivity index (χ0) is 57.8. The van der Waals surface area contributed by atoms with Crippen molar-refractivity contribution in [1.82, 2.24) is 0 Å². The molecule has 0 aromatic heterocycles. The van der Waals surface area contributed by atoms with Gasteiger partial charge in [-0.1, -0.05) is 366 Å². The molecule has 0 rings (SSSR count). The number of ether oxygens (including phenoxy) is 3. The van der Waals surface area contributed by atoms with Gasteiger partial charge >= 0.3 is 17.9 Å². The van der Waals surface area contributed by atoms with E-state index in [-0.39, 0.29) is 31.1 Å². The summed E-state index contributed by atoms with van der Waals surface area (Å²) in [7, 11) is 0. The van der Waals surface area contributed by atoms with Crippen LogP contribution >= 0.6 is 0 Å². The van der Waals surface area contributed by atoms with Gasteiger partial charge in [0, 0.05) is 19.3 Å². The van der Waals surface area contributed by atoms with Gasteiger partial charge in [0.1, 0.15) is 13.2 Å². The first-order valence-electron chi connectivity index (χ1n) is 36.3. The Balaban J connectivity index is 4.27. The largest absolute Gasteiger partial charge is 0.462 e. The fraction of sp³-hybridized carbons (Fsp3) is 0.905. The van der Waals surface area contributed by atoms with Crippen LogP contribution in [0.3, 0.4) is 0 Å². The molecule has 0 radical (unpaired) electrons. The molecule has 6 nitrogen and oxygen atoms in total. The predicted octanol–water partition coefficient (Wildman–Crippen LogP) is 25.0. The highest BCUT2D eigenvalue weighted by Gasteiger charge is 2.19. The molecule has 0 heterocycles. The molecule has 0 N–H and O–H groups in total. The van der Waals surface area contributed by atoms with Crippen LogP contribution in [0.5, 0.6) is 0 Å². The van der Waals surface area contributed by atoms with Crippen molar-refractivity contribution in [2.45, 2.75) is 419 Å². The van der Waals surface area contributed by atoms with Crippen LogP contribution in [0.15, 0.2) is 24.3 Å². The van der Waals surface area contributed by atoms with Crippen molar-refractivity contribution in [3.63, 3.8) is 0 Å². The fourth-order valence-corrected chi connectivity index (χ4v) is 11.2. The van der Waals surface area contributed by atoms with E-state index in [1.54, 1.807) is 0 Å². The molecule has 1 atom stereocenters. The van der Waals surface area contributed by atoms with Gasteiger partial charge in [-0.15, -0.1) is 0 Å². The van der Waals surface area contributed by atoms with E-state index in [2.05, 4.69) is 45.1 Å². The second kappa shape index (κ2) is 69.4. The molecule has 472 valence electrons. The van der Waals surface area contributed by atoms with E-state index < -0.39 is 6.10 Å². The summed E-state index contributed by atoms with van der Waals surface area (Å²) in [5, 5.41) is 0. The molecule has 6 heteroatoms. The number of carbonyl (C=O) groups excluding carboxylic acids is 3. The molecule has 80 heavy (non-hydrogen) atoms. The fourth-order valence-electron chi connectivity index (χ4n) is 11.2. The number of hydrogen-bond donors (Lipinski definition) is 0. The first-order valence-corrected chi connectivity index (χ1v) is 36.3. The van der Waals surface area contributed by atoms with Gasteiger partial charge in [0.25, 0.3) is 0 Å². The lowest BCUT2D eigenvalue weighted by Crippen LogP contribution is -2.30. The molecule has 1 unspecified atom stereocenters. The van der Waals surface area contributed by atoms with E-state index in [4.69, 9.17) is 14.2 Å². The topological polar surface area (TPSA) is 78.9 Å². The van der Waals surface area contributed by atoms with Crippen LogP contribution in [0.1, 0.15) is 412 Å². The summed E-state index contributed by atoms with van der Waals surface area (Å²) in [6.45, 7) is 6.71. The maximum Gasteiger partial charge on any atom is 0.306 e. The SMILES string of the molecule is CCCCCC/C=C\C/C=C\CCCCCCCC(=O)OCC(COC(=O)CCCCCCCCCCCCCCCCCCCCCCCCC)OC(=O)CCCCCCCCCCCCCCCCCCCCCCCCC. The van der Waals surface area contributed by atoms with Crippen LogP contribution in [0.4, 0.5) is 0 Å². The zero-order valence-electron chi connectivity index (χ0n) is 54.4. The van der Waals surface area contributed by atoms with Crippen molar-refractivity contribution in [1.29, 1.82) is 0 Å².